The number of nitrogens with zero attached hydrogens (tertiary/aromatic N) is 3. The van der Waals surface area contributed by atoms with Gasteiger partial charge in [-0.15, -0.1) is 10.2 Å². The molecule has 2 aromatic heterocycles. The first-order valence-electron chi connectivity index (χ1n) is 8.34. The Morgan fingerprint density at radius 2 is 1.81 bits per heavy atom. The van der Waals surface area contributed by atoms with E-state index in [0.717, 1.165) is 12.1 Å². The highest BCUT2D eigenvalue weighted by Crippen LogP contribution is 2.33. The first-order chi connectivity index (χ1) is 12.9. The fourth-order valence-corrected chi connectivity index (χ4v) is 3.08. The summed E-state index contributed by atoms with van der Waals surface area (Å²) in [6, 6.07) is 7.73. The molecule has 1 aromatic carbocycles. The number of rotatable bonds is 3. The molecule has 1 fully saturated rings. The lowest BCUT2D eigenvalue weighted by molar-refractivity contribution is -0.137. The van der Waals surface area contributed by atoms with Gasteiger partial charge in [-0.1, -0.05) is 12.1 Å². The van der Waals surface area contributed by atoms with Crippen molar-refractivity contribution in [1.29, 1.82) is 0 Å². The topological polar surface area (TPSA) is 62.7 Å². The minimum atomic E-state index is -4.40. The van der Waals surface area contributed by atoms with Gasteiger partial charge in [0.2, 0.25) is 0 Å². The van der Waals surface area contributed by atoms with Crippen LogP contribution in [0.15, 0.2) is 42.6 Å². The maximum Gasteiger partial charge on any atom is 0.416 e. The summed E-state index contributed by atoms with van der Waals surface area (Å²) in [4.78, 5) is 4.30. The van der Waals surface area contributed by atoms with Crippen molar-refractivity contribution >= 4 is 16.7 Å². The van der Waals surface area contributed by atoms with Gasteiger partial charge >= 0.3 is 6.18 Å². The molecule has 0 unspecified atom stereocenters. The third kappa shape index (κ3) is 3.42. The third-order valence-corrected chi connectivity index (χ3v) is 4.49. The molecule has 9 heteroatoms. The predicted octanol–water partition coefficient (Wildman–Crippen LogP) is 3.43. The smallest absolute Gasteiger partial charge is 0.360 e. The quantitative estimate of drug-likeness (QED) is 0.685. The van der Waals surface area contributed by atoms with Gasteiger partial charge in [-0.3, -0.25) is 4.98 Å². The minimum absolute atomic E-state index is 0.264. The maximum atomic E-state index is 13.9. The summed E-state index contributed by atoms with van der Waals surface area (Å²) >= 11 is 0. The van der Waals surface area contributed by atoms with Crippen LogP contribution in [0.5, 0.6) is 0 Å². The average molecular weight is 377 g/mol. The first kappa shape index (κ1) is 17.6. The van der Waals surface area contributed by atoms with Crippen LogP contribution in [-0.2, 0) is 6.18 Å². The molecule has 2 N–H and O–H groups in total. The van der Waals surface area contributed by atoms with Gasteiger partial charge in [0, 0.05) is 30.2 Å². The summed E-state index contributed by atoms with van der Waals surface area (Å²) < 4.78 is 52.2. The molecule has 3 heterocycles. The van der Waals surface area contributed by atoms with Crippen molar-refractivity contribution in [3.05, 3.63) is 48.2 Å². The second-order valence-electron chi connectivity index (χ2n) is 6.30. The van der Waals surface area contributed by atoms with Crippen molar-refractivity contribution in [2.75, 3.05) is 18.4 Å². The van der Waals surface area contributed by atoms with E-state index < -0.39 is 24.0 Å². The minimum Gasteiger partial charge on any atom is -0.360 e. The standard InChI is InChI=1S/C18H15F4N5/c19-13-8-23-9-14(13)25-17-16-12(2-1-7-24-16)15(26-27-17)10-3-5-11(6-4-10)18(20,21)22/h1-7,13-14,23H,8-9H2,(H,25,27)/t13-,14-/m1/s1. The average Bonchev–Trinajstić information content (AvgIpc) is 3.06. The Morgan fingerprint density at radius 3 is 2.48 bits per heavy atom. The van der Waals surface area contributed by atoms with Crippen molar-refractivity contribution in [3.8, 4) is 11.3 Å². The zero-order valence-corrected chi connectivity index (χ0v) is 14.0. The van der Waals surface area contributed by atoms with Gasteiger partial charge in [-0.25, -0.2) is 4.39 Å². The van der Waals surface area contributed by atoms with Crippen LogP contribution in [-0.4, -0.2) is 40.5 Å². The van der Waals surface area contributed by atoms with Gasteiger partial charge in [0.05, 0.1) is 11.6 Å². The van der Waals surface area contributed by atoms with E-state index >= 15 is 0 Å². The number of anilines is 1. The Hall–Kier alpha value is -2.81. The monoisotopic (exact) mass is 377 g/mol. The van der Waals surface area contributed by atoms with Crippen LogP contribution in [0.1, 0.15) is 5.56 Å². The summed E-state index contributed by atoms with van der Waals surface area (Å²) in [5.74, 6) is 0.345. The fraction of sp³-hybridized carbons (Fsp3) is 0.278. The van der Waals surface area contributed by atoms with Crippen molar-refractivity contribution in [3.63, 3.8) is 0 Å². The molecule has 0 spiro atoms. The van der Waals surface area contributed by atoms with Crippen molar-refractivity contribution in [2.45, 2.75) is 18.4 Å². The number of pyridine rings is 1. The Bertz CT molecular complexity index is 958. The molecule has 0 amide bonds. The fourth-order valence-electron chi connectivity index (χ4n) is 3.08. The van der Waals surface area contributed by atoms with E-state index in [1.807, 2.05) is 0 Å². The van der Waals surface area contributed by atoms with Crippen LogP contribution in [0.25, 0.3) is 22.2 Å². The molecular formula is C18H15F4N5. The van der Waals surface area contributed by atoms with E-state index in [4.69, 9.17) is 0 Å². The summed E-state index contributed by atoms with van der Waals surface area (Å²) in [7, 11) is 0. The maximum absolute atomic E-state index is 13.9. The molecule has 140 valence electrons. The van der Waals surface area contributed by atoms with E-state index in [-0.39, 0.29) is 6.54 Å². The second-order valence-corrected chi connectivity index (χ2v) is 6.30. The molecule has 4 rings (SSSR count). The number of nitrogens with one attached hydrogen (secondary N) is 2. The van der Waals surface area contributed by atoms with Crippen molar-refractivity contribution in [1.82, 2.24) is 20.5 Å². The molecular weight excluding hydrogens is 362 g/mol. The van der Waals surface area contributed by atoms with Crippen molar-refractivity contribution in [2.24, 2.45) is 0 Å². The number of hydrogen-bond acceptors (Lipinski definition) is 5. The van der Waals surface area contributed by atoms with Gasteiger partial charge in [0.1, 0.15) is 17.4 Å². The Morgan fingerprint density at radius 1 is 1.04 bits per heavy atom. The number of benzene rings is 1. The molecule has 27 heavy (non-hydrogen) atoms. The van der Waals surface area contributed by atoms with Gasteiger partial charge in [0.25, 0.3) is 0 Å². The highest BCUT2D eigenvalue weighted by Gasteiger charge is 2.30. The zero-order valence-electron chi connectivity index (χ0n) is 14.0. The summed E-state index contributed by atoms with van der Waals surface area (Å²) in [5.41, 5.74) is 0.661. The number of aromatic nitrogens is 3. The number of hydrogen-bond donors (Lipinski definition) is 2. The highest BCUT2D eigenvalue weighted by atomic mass is 19.4. The molecule has 0 bridgehead atoms. The Kier molecular flexibility index (Phi) is 4.39. The second kappa shape index (κ2) is 6.73. The lowest BCUT2D eigenvalue weighted by Gasteiger charge is -2.16. The van der Waals surface area contributed by atoms with Crippen LogP contribution in [0.2, 0.25) is 0 Å². The summed E-state index contributed by atoms with van der Waals surface area (Å²) in [6.45, 7) is 0.720. The van der Waals surface area contributed by atoms with E-state index in [1.165, 1.54) is 12.1 Å². The number of alkyl halides is 4. The normalized spacial score (nSPS) is 20.1. The van der Waals surface area contributed by atoms with Crippen LogP contribution < -0.4 is 10.6 Å². The number of fused-ring (bicyclic) bond motifs is 1. The van der Waals surface area contributed by atoms with Crippen LogP contribution in [0.4, 0.5) is 23.4 Å². The summed E-state index contributed by atoms with van der Waals surface area (Å²) in [5, 5.41) is 14.9. The largest absolute Gasteiger partial charge is 0.416 e. The predicted molar refractivity (Wildman–Crippen MR) is 92.9 cm³/mol. The first-order valence-corrected chi connectivity index (χ1v) is 8.34. The van der Waals surface area contributed by atoms with Gasteiger partial charge in [-0.05, 0) is 24.3 Å². The van der Waals surface area contributed by atoms with Gasteiger partial charge < -0.3 is 10.6 Å². The molecule has 1 aliphatic rings. The molecule has 0 radical (unpaired) electrons. The van der Waals surface area contributed by atoms with Gasteiger partial charge in [-0.2, -0.15) is 13.2 Å². The van der Waals surface area contributed by atoms with Gasteiger partial charge in [0.15, 0.2) is 5.82 Å². The van der Waals surface area contributed by atoms with E-state index in [9.17, 15) is 17.6 Å². The molecule has 3 aromatic rings. The lowest BCUT2D eigenvalue weighted by Crippen LogP contribution is -2.30. The van der Waals surface area contributed by atoms with E-state index in [0.29, 0.717) is 34.5 Å². The Balaban J connectivity index is 1.73. The molecule has 0 aliphatic carbocycles. The molecule has 5 nitrogen and oxygen atoms in total. The molecule has 0 saturated carbocycles. The van der Waals surface area contributed by atoms with E-state index in [2.05, 4.69) is 25.8 Å². The van der Waals surface area contributed by atoms with Crippen LogP contribution in [0.3, 0.4) is 0 Å². The SMILES string of the molecule is F[C@@H]1CNC[C@H]1Nc1nnc(-c2ccc(C(F)(F)F)cc2)c2cccnc12. The number of halogens is 4. The van der Waals surface area contributed by atoms with Crippen LogP contribution >= 0.6 is 0 Å². The lowest BCUT2D eigenvalue weighted by atomic mass is 10.0. The Labute approximate surface area is 151 Å². The third-order valence-electron chi connectivity index (χ3n) is 4.49. The highest BCUT2D eigenvalue weighted by molar-refractivity contribution is 5.97. The zero-order chi connectivity index (χ0) is 19.0. The van der Waals surface area contributed by atoms with Crippen molar-refractivity contribution < 1.29 is 17.6 Å². The molecule has 2 atom stereocenters. The molecule has 1 aliphatic heterocycles. The van der Waals surface area contributed by atoms with Crippen LogP contribution in [0, 0.1) is 0 Å². The van der Waals surface area contributed by atoms with E-state index in [1.54, 1.807) is 18.3 Å². The summed E-state index contributed by atoms with van der Waals surface area (Å²) in [6.07, 6.45) is -3.88. The molecule has 1 saturated heterocycles.